The second-order valence-electron chi connectivity index (χ2n) is 2.11. The first-order chi connectivity index (χ1) is 5.66. The first-order valence-corrected chi connectivity index (χ1v) is 5.96. The lowest BCUT2D eigenvalue weighted by molar-refractivity contribution is 1.41. The Morgan fingerprint density at radius 1 is 1.33 bits per heavy atom. The average Bonchev–Trinajstić information content (AvgIpc) is 2.07. The van der Waals surface area contributed by atoms with E-state index in [9.17, 15) is 0 Å². The molecular formula is C8H7BrCl2S. The van der Waals surface area contributed by atoms with Crippen molar-refractivity contribution in [2.24, 2.45) is 0 Å². The van der Waals surface area contributed by atoms with Crippen molar-refractivity contribution in [3.05, 3.63) is 26.7 Å². The van der Waals surface area contributed by atoms with Crippen LogP contribution < -0.4 is 0 Å². The molecule has 0 saturated heterocycles. The molecule has 0 nitrogen and oxygen atoms in total. The van der Waals surface area contributed by atoms with Gasteiger partial charge in [-0.3, -0.25) is 0 Å². The maximum absolute atomic E-state index is 5.99. The molecule has 12 heavy (non-hydrogen) atoms. The van der Waals surface area contributed by atoms with Crippen LogP contribution >= 0.6 is 50.9 Å². The number of thioether (sulfide) groups is 1. The summed E-state index contributed by atoms with van der Waals surface area (Å²) in [6.07, 6.45) is 0. The van der Waals surface area contributed by atoms with E-state index in [1.165, 1.54) is 0 Å². The van der Waals surface area contributed by atoms with E-state index in [0.717, 1.165) is 15.1 Å². The van der Waals surface area contributed by atoms with Gasteiger partial charge in [-0.25, -0.2) is 0 Å². The Morgan fingerprint density at radius 2 is 2.00 bits per heavy atom. The summed E-state index contributed by atoms with van der Waals surface area (Å²) in [5.74, 6) is 0.998. The third kappa shape index (κ3) is 2.32. The molecule has 0 heterocycles. The van der Waals surface area contributed by atoms with Crippen molar-refractivity contribution >= 4 is 50.9 Å². The fraction of sp³-hybridized carbons (Fsp3) is 0.250. The van der Waals surface area contributed by atoms with Crippen molar-refractivity contribution in [1.82, 2.24) is 0 Å². The van der Waals surface area contributed by atoms with Crippen LogP contribution in [0.4, 0.5) is 0 Å². The lowest BCUT2D eigenvalue weighted by Gasteiger charge is -2.04. The molecule has 0 aromatic heterocycles. The fourth-order valence-corrected chi connectivity index (χ4v) is 2.47. The quantitative estimate of drug-likeness (QED) is 0.552. The summed E-state index contributed by atoms with van der Waals surface area (Å²) in [7, 11) is 0. The topological polar surface area (TPSA) is 0 Å². The number of hydrogen-bond donors (Lipinski definition) is 0. The summed E-state index contributed by atoms with van der Waals surface area (Å²) < 4.78 is 0.842. The molecule has 0 N–H and O–H groups in total. The molecule has 1 rings (SSSR count). The van der Waals surface area contributed by atoms with Crippen molar-refractivity contribution in [2.75, 3.05) is 5.75 Å². The van der Waals surface area contributed by atoms with E-state index in [-0.39, 0.29) is 0 Å². The van der Waals surface area contributed by atoms with Crippen LogP contribution in [-0.4, -0.2) is 5.75 Å². The van der Waals surface area contributed by atoms with Gasteiger partial charge in [0.05, 0.1) is 10.0 Å². The molecule has 0 saturated carbocycles. The van der Waals surface area contributed by atoms with Gasteiger partial charge in [0.1, 0.15) is 0 Å². The van der Waals surface area contributed by atoms with Crippen LogP contribution in [0.25, 0.3) is 0 Å². The Kier molecular flexibility index (Phi) is 4.24. The van der Waals surface area contributed by atoms with Gasteiger partial charge in [-0.2, -0.15) is 0 Å². The molecule has 0 atom stereocenters. The Labute approximate surface area is 94.8 Å². The molecule has 0 aliphatic rings. The van der Waals surface area contributed by atoms with Crippen molar-refractivity contribution in [3.63, 3.8) is 0 Å². The molecule has 0 spiro atoms. The molecule has 0 fully saturated rings. The van der Waals surface area contributed by atoms with Crippen LogP contribution in [0.15, 0.2) is 21.5 Å². The molecule has 1 aromatic rings. The minimum Gasteiger partial charge on any atom is -0.125 e. The largest absolute Gasteiger partial charge is 0.125 e. The first kappa shape index (κ1) is 10.7. The van der Waals surface area contributed by atoms with Crippen LogP contribution in [0, 0.1) is 0 Å². The minimum atomic E-state index is 0.593. The molecular weight excluding hydrogens is 279 g/mol. The van der Waals surface area contributed by atoms with Gasteiger partial charge >= 0.3 is 0 Å². The summed E-state index contributed by atoms with van der Waals surface area (Å²) in [6, 6.07) is 3.87. The Hall–Kier alpha value is 0.630. The molecule has 1 aromatic carbocycles. The van der Waals surface area contributed by atoms with E-state index in [1.807, 2.05) is 12.1 Å². The van der Waals surface area contributed by atoms with Gasteiger partial charge in [0.2, 0.25) is 0 Å². The Bertz CT molecular complexity index is 289. The van der Waals surface area contributed by atoms with Gasteiger partial charge < -0.3 is 0 Å². The van der Waals surface area contributed by atoms with Gasteiger partial charge in [-0.05, 0) is 33.8 Å². The van der Waals surface area contributed by atoms with E-state index in [0.29, 0.717) is 10.0 Å². The van der Waals surface area contributed by atoms with Crippen LogP contribution in [0.2, 0.25) is 10.0 Å². The predicted octanol–water partition coefficient (Wildman–Crippen LogP) is 4.87. The van der Waals surface area contributed by atoms with Gasteiger partial charge in [-0.1, -0.05) is 30.1 Å². The smallest absolute Gasteiger partial charge is 0.0745 e. The maximum Gasteiger partial charge on any atom is 0.0745 e. The van der Waals surface area contributed by atoms with E-state index in [4.69, 9.17) is 23.2 Å². The van der Waals surface area contributed by atoms with Crippen molar-refractivity contribution in [1.29, 1.82) is 0 Å². The molecule has 0 aliphatic carbocycles. The highest BCUT2D eigenvalue weighted by Crippen LogP contribution is 2.37. The van der Waals surface area contributed by atoms with Crippen LogP contribution in [0.3, 0.4) is 0 Å². The highest BCUT2D eigenvalue weighted by Gasteiger charge is 2.07. The lowest BCUT2D eigenvalue weighted by Crippen LogP contribution is -1.78. The van der Waals surface area contributed by atoms with E-state index >= 15 is 0 Å². The summed E-state index contributed by atoms with van der Waals surface area (Å²) in [5, 5.41) is 1.23. The van der Waals surface area contributed by atoms with Crippen LogP contribution in [-0.2, 0) is 0 Å². The number of rotatable bonds is 2. The number of benzene rings is 1. The van der Waals surface area contributed by atoms with Gasteiger partial charge in [-0.15, -0.1) is 11.8 Å². The third-order valence-electron chi connectivity index (χ3n) is 1.30. The standard InChI is InChI=1S/C8H7BrCl2S/c1-2-12-6-4-3-5(9)7(10)8(6)11/h3-4H,2H2,1H3. The van der Waals surface area contributed by atoms with E-state index in [2.05, 4.69) is 22.9 Å². The van der Waals surface area contributed by atoms with Crippen LogP contribution in [0.1, 0.15) is 6.92 Å². The molecule has 0 amide bonds. The lowest BCUT2D eigenvalue weighted by atomic mass is 10.4. The van der Waals surface area contributed by atoms with Gasteiger partial charge in [0, 0.05) is 9.37 Å². The number of hydrogen-bond acceptors (Lipinski definition) is 1. The van der Waals surface area contributed by atoms with E-state index < -0.39 is 0 Å². The zero-order chi connectivity index (χ0) is 9.14. The molecule has 0 bridgehead atoms. The number of halogens is 3. The highest BCUT2D eigenvalue weighted by molar-refractivity contribution is 9.10. The summed E-state index contributed by atoms with van der Waals surface area (Å²) in [4.78, 5) is 1.03. The van der Waals surface area contributed by atoms with E-state index in [1.54, 1.807) is 11.8 Å². The summed E-state index contributed by atoms with van der Waals surface area (Å²) in [6.45, 7) is 2.08. The molecule has 0 aliphatic heterocycles. The van der Waals surface area contributed by atoms with Crippen molar-refractivity contribution in [2.45, 2.75) is 11.8 Å². The Morgan fingerprint density at radius 3 is 2.58 bits per heavy atom. The summed E-state index contributed by atoms with van der Waals surface area (Å²) in [5.41, 5.74) is 0. The monoisotopic (exact) mass is 284 g/mol. The normalized spacial score (nSPS) is 10.3. The van der Waals surface area contributed by atoms with Gasteiger partial charge in [0.15, 0.2) is 0 Å². The predicted molar refractivity (Wildman–Crippen MR) is 60.6 cm³/mol. The average molecular weight is 286 g/mol. The van der Waals surface area contributed by atoms with Crippen molar-refractivity contribution in [3.8, 4) is 0 Å². The SMILES string of the molecule is CCSc1ccc(Br)c(Cl)c1Cl. The molecule has 0 radical (unpaired) electrons. The molecule has 4 heteroatoms. The zero-order valence-electron chi connectivity index (χ0n) is 6.40. The zero-order valence-corrected chi connectivity index (χ0v) is 10.3. The third-order valence-corrected chi connectivity index (χ3v) is 4.12. The minimum absolute atomic E-state index is 0.593. The summed E-state index contributed by atoms with van der Waals surface area (Å²) >= 11 is 16.9. The molecule has 0 unspecified atom stereocenters. The van der Waals surface area contributed by atoms with Crippen molar-refractivity contribution < 1.29 is 0 Å². The van der Waals surface area contributed by atoms with Crippen LogP contribution in [0.5, 0.6) is 0 Å². The van der Waals surface area contributed by atoms with Gasteiger partial charge in [0.25, 0.3) is 0 Å². The highest BCUT2D eigenvalue weighted by atomic mass is 79.9. The second-order valence-corrected chi connectivity index (χ2v) is 5.02. The Balaban J connectivity index is 3.08. The fourth-order valence-electron chi connectivity index (χ4n) is 0.775. The second kappa shape index (κ2) is 4.75. The first-order valence-electron chi connectivity index (χ1n) is 3.43. The maximum atomic E-state index is 5.99. The molecule has 66 valence electrons.